The fourth-order valence-electron chi connectivity index (χ4n) is 4.04. The number of piperidine rings is 1. The molecular formula is C18H28N4O3. The van der Waals surface area contributed by atoms with Crippen molar-refractivity contribution in [2.45, 2.75) is 52.1 Å². The molecule has 0 saturated carbocycles. The van der Waals surface area contributed by atoms with Gasteiger partial charge in [0.1, 0.15) is 5.82 Å². The number of carboxylic acids is 1. The molecule has 0 bridgehead atoms. The highest BCUT2D eigenvalue weighted by molar-refractivity contribution is 5.76. The van der Waals surface area contributed by atoms with Gasteiger partial charge in [-0.05, 0) is 32.6 Å². The van der Waals surface area contributed by atoms with Gasteiger partial charge in [0.15, 0.2) is 0 Å². The Morgan fingerprint density at radius 1 is 1.28 bits per heavy atom. The highest BCUT2D eigenvalue weighted by Crippen LogP contribution is 2.38. The Hall–Kier alpha value is -1.89. The van der Waals surface area contributed by atoms with Gasteiger partial charge in [-0.1, -0.05) is 13.3 Å². The lowest BCUT2D eigenvalue weighted by molar-refractivity contribution is -0.159. The predicted molar refractivity (Wildman–Crippen MR) is 96.0 cm³/mol. The van der Waals surface area contributed by atoms with Crippen LogP contribution in [0, 0.1) is 12.3 Å². The van der Waals surface area contributed by atoms with E-state index in [0.29, 0.717) is 25.9 Å². The number of carbonyl (C=O) groups is 1. The van der Waals surface area contributed by atoms with Crippen LogP contribution in [-0.2, 0) is 4.79 Å². The first-order valence-electron chi connectivity index (χ1n) is 9.23. The van der Waals surface area contributed by atoms with E-state index in [1.165, 1.54) is 0 Å². The number of aliphatic hydroxyl groups is 1. The van der Waals surface area contributed by atoms with Gasteiger partial charge in [-0.15, -0.1) is 0 Å². The van der Waals surface area contributed by atoms with Crippen LogP contribution in [-0.4, -0.2) is 58.4 Å². The minimum atomic E-state index is -1.04. The fraction of sp³-hybridized carbons (Fsp3) is 0.722. The molecule has 0 spiro atoms. The third-order valence-corrected chi connectivity index (χ3v) is 5.52. The summed E-state index contributed by atoms with van der Waals surface area (Å²) >= 11 is 0. The summed E-state index contributed by atoms with van der Waals surface area (Å²) in [5, 5.41) is 20.3. The molecule has 1 aromatic heterocycles. The van der Waals surface area contributed by atoms with Gasteiger partial charge >= 0.3 is 5.97 Å². The van der Waals surface area contributed by atoms with Gasteiger partial charge in [0, 0.05) is 37.9 Å². The standard InChI is InChI=1S/C18H28N4O3/c1-3-6-18(16(24)25)7-10-22(12-14(18)23)15-11-13(2)19-17(20-15)21-8-4-5-9-21/h11,14,23H,3-10,12H2,1-2H3,(H,24,25)/t14-,18+/m1/s1. The predicted octanol–water partition coefficient (Wildman–Crippen LogP) is 1.83. The summed E-state index contributed by atoms with van der Waals surface area (Å²) in [7, 11) is 0. The Morgan fingerprint density at radius 3 is 2.60 bits per heavy atom. The van der Waals surface area contributed by atoms with E-state index >= 15 is 0 Å². The summed E-state index contributed by atoms with van der Waals surface area (Å²) in [6, 6.07) is 1.92. The van der Waals surface area contributed by atoms with Crippen LogP contribution < -0.4 is 9.80 Å². The topological polar surface area (TPSA) is 89.8 Å². The van der Waals surface area contributed by atoms with Gasteiger partial charge in [-0.25, -0.2) is 4.98 Å². The first-order valence-corrected chi connectivity index (χ1v) is 9.23. The fourth-order valence-corrected chi connectivity index (χ4v) is 4.04. The number of carboxylic acid groups (broad SMARTS) is 1. The SMILES string of the molecule is CCC[C@]1(C(=O)O)CCN(c2cc(C)nc(N3CCCC3)n2)C[C@H]1O. The lowest BCUT2D eigenvalue weighted by atomic mass is 9.73. The van der Waals surface area contributed by atoms with Crippen LogP contribution in [0.25, 0.3) is 0 Å². The number of aromatic nitrogens is 2. The van der Waals surface area contributed by atoms with Crippen LogP contribution in [0.2, 0.25) is 0 Å². The Labute approximate surface area is 148 Å². The molecule has 7 heteroatoms. The number of aliphatic carboxylic acids is 1. The van der Waals surface area contributed by atoms with E-state index in [9.17, 15) is 15.0 Å². The van der Waals surface area contributed by atoms with E-state index in [4.69, 9.17) is 4.98 Å². The molecule has 3 rings (SSSR count). The number of aliphatic hydroxyl groups excluding tert-OH is 1. The van der Waals surface area contributed by atoms with Crippen LogP contribution in [0.3, 0.4) is 0 Å². The van der Waals surface area contributed by atoms with Crippen LogP contribution >= 0.6 is 0 Å². The molecule has 2 atom stereocenters. The minimum Gasteiger partial charge on any atom is -0.481 e. The molecule has 2 aliphatic rings. The molecule has 0 unspecified atom stereocenters. The van der Waals surface area contributed by atoms with Gasteiger partial charge in [-0.2, -0.15) is 4.98 Å². The van der Waals surface area contributed by atoms with Crippen molar-refractivity contribution in [2.24, 2.45) is 5.41 Å². The zero-order valence-corrected chi connectivity index (χ0v) is 15.1. The van der Waals surface area contributed by atoms with Crippen molar-refractivity contribution in [1.82, 2.24) is 9.97 Å². The lowest BCUT2D eigenvalue weighted by Gasteiger charge is -2.43. The number of anilines is 2. The number of rotatable bonds is 5. The molecule has 3 heterocycles. The molecule has 2 N–H and O–H groups in total. The summed E-state index contributed by atoms with van der Waals surface area (Å²) in [6.07, 6.45) is 3.10. The van der Waals surface area contributed by atoms with E-state index in [0.717, 1.165) is 49.8 Å². The molecular weight excluding hydrogens is 320 g/mol. The number of hydrogen-bond acceptors (Lipinski definition) is 6. The summed E-state index contributed by atoms with van der Waals surface area (Å²) in [4.78, 5) is 25.2. The van der Waals surface area contributed by atoms with Crippen LogP contribution in [0.5, 0.6) is 0 Å². The van der Waals surface area contributed by atoms with Crippen LogP contribution in [0.15, 0.2) is 6.07 Å². The summed E-state index contributed by atoms with van der Waals surface area (Å²) in [6.45, 7) is 6.74. The maximum Gasteiger partial charge on any atom is 0.312 e. The molecule has 25 heavy (non-hydrogen) atoms. The second-order valence-electron chi connectivity index (χ2n) is 7.28. The van der Waals surface area contributed by atoms with E-state index < -0.39 is 17.5 Å². The van der Waals surface area contributed by atoms with E-state index in [1.54, 1.807) is 0 Å². The number of nitrogens with zero attached hydrogens (tertiary/aromatic N) is 4. The molecule has 2 fully saturated rings. The van der Waals surface area contributed by atoms with Crippen molar-refractivity contribution in [1.29, 1.82) is 0 Å². The zero-order valence-electron chi connectivity index (χ0n) is 15.1. The quantitative estimate of drug-likeness (QED) is 0.839. The maximum atomic E-state index is 11.8. The van der Waals surface area contributed by atoms with Crippen molar-refractivity contribution in [3.63, 3.8) is 0 Å². The largest absolute Gasteiger partial charge is 0.481 e. The average Bonchev–Trinajstić information content (AvgIpc) is 3.10. The number of hydrogen-bond donors (Lipinski definition) is 2. The number of aryl methyl sites for hydroxylation is 1. The Morgan fingerprint density at radius 2 is 2.00 bits per heavy atom. The molecule has 1 aromatic rings. The highest BCUT2D eigenvalue weighted by atomic mass is 16.4. The zero-order chi connectivity index (χ0) is 18.0. The molecule has 2 saturated heterocycles. The molecule has 0 amide bonds. The van der Waals surface area contributed by atoms with Crippen molar-refractivity contribution in [2.75, 3.05) is 36.0 Å². The lowest BCUT2D eigenvalue weighted by Crippen LogP contribution is -2.55. The third-order valence-electron chi connectivity index (χ3n) is 5.52. The van der Waals surface area contributed by atoms with E-state index in [-0.39, 0.29) is 0 Å². The summed E-state index contributed by atoms with van der Waals surface area (Å²) in [5.41, 5.74) is -0.143. The summed E-state index contributed by atoms with van der Waals surface area (Å²) in [5.74, 6) is 0.632. The van der Waals surface area contributed by atoms with E-state index in [2.05, 4.69) is 9.88 Å². The van der Waals surface area contributed by atoms with E-state index in [1.807, 2.05) is 24.8 Å². The van der Waals surface area contributed by atoms with Gasteiger partial charge in [0.2, 0.25) is 5.95 Å². The van der Waals surface area contributed by atoms with Crippen molar-refractivity contribution in [3.05, 3.63) is 11.8 Å². The molecule has 0 aliphatic carbocycles. The van der Waals surface area contributed by atoms with Gasteiger partial charge in [0.25, 0.3) is 0 Å². The average molecular weight is 348 g/mol. The Balaban J connectivity index is 1.81. The van der Waals surface area contributed by atoms with Crippen LogP contribution in [0.1, 0.15) is 44.7 Å². The van der Waals surface area contributed by atoms with Crippen molar-refractivity contribution >= 4 is 17.7 Å². The van der Waals surface area contributed by atoms with Gasteiger partial charge < -0.3 is 20.0 Å². The molecule has 138 valence electrons. The minimum absolute atomic E-state index is 0.294. The van der Waals surface area contributed by atoms with Gasteiger partial charge in [0.05, 0.1) is 11.5 Å². The smallest absolute Gasteiger partial charge is 0.312 e. The highest BCUT2D eigenvalue weighted by Gasteiger charge is 2.48. The second-order valence-corrected chi connectivity index (χ2v) is 7.28. The second kappa shape index (κ2) is 7.15. The maximum absolute atomic E-state index is 11.8. The third kappa shape index (κ3) is 3.42. The molecule has 2 aliphatic heterocycles. The molecule has 0 radical (unpaired) electrons. The monoisotopic (exact) mass is 348 g/mol. The molecule has 0 aromatic carbocycles. The summed E-state index contributed by atoms with van der Waals surface area (Å²) < 4.78 is 0. The first kappa shape index (κ1) is 17.9. The van der Waals surface area contributed by atoms with Crippen molar-refractivity contribution in [3.8, 4) is 0 Å². The Bertz CT molecular complexity index is 633. The van der Waals surface area contributed by atoms with Crippen molar-refractivity contribution < 1.29 is 15.0 Å². The normalized spacial score (nSPS) is 26.9. The van der Waals surface area contributed by atoms with Gasteiger partial charge in [-0.3, -0.25) is 4.79 Å². The first-order chi connectivity index (χ1) is 12.0. The van der Waals surface area contributed by atoms with Crippen LogP contribution in [0.4, 0.5) is 11.8 Å². The Kier molecular flexibility index (Phi) is 5.13. The number of β-amino-alcohol motifs (C(OH)–C–C–N with tert-alkyl or cyclic N) is 1. The molecule has 7 nitrogen and oxygen atoms in total.